The maximum atomic E-state index is 11.3. The fourth-order valence-electron chi connectivity index (χ4n) is 2.96. The van der Waals surface area contributed by atoms with Gasteiger partial charge in [-0.2, -0.15) is 5.10 Å². The Balaban J connectivity index is 2.09. The van der Waals surface area contributed by atoms with Crippen molar-refractivity contribution in [1.29, 1.82) is 0 Å². The van der Waals surface area contributed by atoms with Crippen LogP contribution in [-0.2, 0) is 23.8 Å². The minimum absolute atomic E-state index is 0.0100. The Labute approximate surface area is 120 Å². The van der Waals surface area contributed by atoms with Gasteiger partial charge in [-0.25, -0.2) is 0 Å². The van der Waals surface area contributed by atoms with E-state index in [2.05, 4.69) is 30.8 Å². The predicted octanol–water partition coefficient (Wildman–Crippen LogP) is 2.01. The lowest BCUT2D eigenvalue weighted by Crippen LogP contribution is -2.59. The van der Waals surface area contributed by atoms with Crippen LogP contribution in [0.15, 0.2) is 6.20 Å². The number of hydrogen-bond acceptors (Lipinski definition) is 3. The molecule has 1 saturated heterocycles. The SMILES string of the molecule is CCC1(C(=O)O)CN(Cc2cn(C)nc2C(C)(C)C)C1. The van der Waals surface area contributed by atoms with E-state index in [1.54, 1.807) is 0 Å². The maximum absolute atomic E-state index is 11.3. The first-order valence-electron chi connectivity index (χ1n) is 7.17. The number of carbonyl (C=O) groups is 1. The lowest BCUT2D eigenvalue weighted by molar-refractivity contribution is -0.161. The average molecular weight is 279 g/mol. The summed E-state index contributed by atoms with van der Waals surface area (Å²) in [5.41, 5.74) is 1.78. The lowest BCUT2D eigenvalue weighted by atomic mass is 9.77. The van der Waals surface area contributed by atoms with Crippen LogP contribution in [0.1, 0.15) is 45.4 Å². The van der Waals surface area contributed by atoms with Crippen molar-refractivity contribution in [2.24, 2.45) is 12.5 Å². The van der Waals surface area contributed by atoms with Gasteiger partial charge in [-0.05, 0) is 6.42 Å². The summed E-state index contributed by atoms with van der Waals surface area (Å²) >= 11 is 0. The van der Waals surface area contributed by atoms with Crippen molar-refractivity contribution in [2.75, 3.05) is 13.1 Å². The third-order valence-electron chi connectivity index (χ3n) is 4.19. The summed E-state index contributed by atoms with van der Waals surface area (Å²) in [6, 6.07) is 0. The summed E-state index contributed by atoms with van der Waals surface area (Å²) in [5.74, 6) is -0.668. The van der Waals surface area contributed by atoms with Crippen LogP contribution in [-0.4, -0.2) is 38.8 Å². The second-order valence-corrected chi connectivity index (χ2v) is 7.01. The molecule has 0 atom stereocenters. The smallest absolute Gasteiger partial charge is 0.312 e. The third kappa shape index (κ3) is 2.59. The van der Waals surface area contributed by atoms with E-state index in [0.717, 1.165) is 12.2 Å². The topological polar surface area (TPSA) is 58.4 Å². The average Bonchev–Trinajstić information content (AvgIpc) is 2.63. The molecule has 0 bridgehead atoms. The molecule has 1 aliphatic heterocycles. The van der Waals surface area contributed by atoms with Gasteiger partial charge >= 0.3 is 5.97 Å². The molecule has 0 spiro atoms. The van der Waals surface area contributed by atoms with Gasteiger partial charge in [0, 0.05) is 43.9 Å². The number of carboxylic acids is 1. The van der Waals surface area contributed by atoms with Gasteiger partial charge < -0.3 is 5.11 Å². The highest BCUT2D eigenvalue weighted by molar-refractivity contribution is 5.76. The standard InChI is InChI=1S/C15H25N3O2/c1-6-15(13(19)20)9-18(10-15)8-11-7-17(5)16-12(11)14(2,3)4/h7H,6,8-10H2,1-5H3,(H,19,20). The zero-order valence-electron chi connectivity index (χ0n) is 13.1. The zero-order chi connectivity index (χ0) is 15.1. The normalized spacial score (nSPS) is 18.9. The van der Waals surface area contributed by atoms with Crippen LogP contribution in [0.3, 0.4) is 0 Å². The van der Waals surface area contributed by atoms with Gasteiger partial charge in [0.15, 0.2) is 0 Å². The number of carboxylic acid groups (broad SMARTS) is 1. The van der Waals surface area contributed by atoms with E-state index in [1.807, 2.05) is 24.9 Å². The molecule has 1 aromatic heterocycles. The minimum atomic E-state index is -0.668. The number of aliphatic carboxylic acids is 1. The molecule has 0 amide bonds. The van der Waals surface area contributed by atoms with Gasteiger partial charge in [0.05, 0.1) is 11.1 Å². The minimum Gasteiger partial charge on any atom is -0.481 e. The summed E-state index contributed by atoms with van der Waals surface area (Å²) in [5, 5.41) is 13.9. The van der Waals surface area contributed by atoms with E-state index in [1.165, 1.54) is 5.56 Å². The third-order valence-corrected chi connectivity index (χ3v) is 4.19. The molecule has 20 heavy (non-hydrogen) atoms. The molecule has 2 rings (SSSR count). The fourth-order valence-corrected chi connectivity index (χ4v) is 2.96. The molecule has 112 valence electrons. The summed E-state index contributed by atoms with van der Waals surface area (Å²) < 4.78 is 1.85. The zero-order valence-corrected chi connectivity index (χ0v) is 13.1. The highest BCUT2D eigenvalue weighted by atomic mass is 16.4. The molecule has 0 unspecified atom stereocenters. The maximum Gasteiger partial charge on any atom is 0.312 e. The Morgan fingerprint density at radius 3 is 2.50 bits per heavy atom. The molecule has 0 aliphatic carbocycles. The first kappa shape index (κ1) is 15.0. The molecule has 1 aliphatic rings. The van der Waals surface area contributed by atoms with Gasteiger partial charge in [-0.1, -0.05) is 27.7 Å². The molecule has 1 N–H and O–H groups in total. The largest absolute Gasteiger partial charge is 0.481 e. The van der Waals surface area contributed by atoms with Crippen molar-refractivity contribution in [3.63, 3.8) is 0 Å². The van der Waals surface area contributed by atoms with Gasteiger partial charge in [-0.15, -0.1) is 0 Å². The summed E-state index contributed by atoms with van der Waals surface area (Å²) in [7, 11) is 1.93. The van der Waals surface area contributed by atoms with Crippen LogP contribution in [0, 0.1) is 5.41 Å². The molecular formula is C15H25N3O2. The van der Waals surface area contributed by atoms with Crippen molar-refractivity contribution in [1.82, 2.24) is 14.7 Å². The molecule has 0 aromatic carbocycles. The van der Waals surface area contributed by atoms with Crippen LogP contribution >= 0.6 is 0 Å². The Morgan fingerprint density at radius 1 is 1.45 bits per heavy atom. The second-order valence-electron chi connectivity index (χ2n) is 7.01. The van der Waals surface area contributed by atoms with Gasteiger partial charge in [-0.3, -0.25) is 14.4 Å². The quantitative estimate of drug-likeness (QED) is 0.916. The van der Waals surface area contributed by atoms with Gasteiger partial charge in [0.1, 0.15) is 0 Å². The summed E-state index contributed by atoms with van der Waals surface area (Å²) in [6.45, 7) is 10.5. The van der Waals surface area contributed by atoms with Crippen LogP contribution in [0.5, 0.6) is 0 Å². The molecule has 5 nitrogen and oxygen atoms in total. The van der Waals surface area contributed by atoms with Crippen molar-refractivity contribution in [2.45, 2.75) is 46.1 Å². The second kappa shape index (κ2) is 4.88. The van der Waals surface area contributed by atoms with E-state index >= 15 is 0 Å². The number of likely N-dealkylation sites (tertiary alicyclic amines) is 1. The molecule has 0 radical (unpaired) electrons. The first-order chi connectivity index (χ1) is 9.18. The van der Waals surface area contributed by atoms with Crippen LogP contribution in [0.2, 0.25) is 0 Å². The Kier molecular flexibility index (Phi) is 3.67. The number of hydrogen-bond donors (Lipinski definition) is 1. The molecule has 1 fully saturated rings. The van der Waals surface area contributed by atoms with Crippen molar-refractivity contribution in [3.05, 3.63) is 17.5 Å². The molecule has 0 saturated carbocycles. The van der Waals surface area contributed by atoms with Crippen molar-refractivity contribution >= 4 is 5.97 Å². The van der Waals surface area contributed by atoms with Crippen LogP contribution < -0.4 is 0 Å². The molecule has 2 heterocycles. The van der Waals surface area contributed by atoms with E-state index in [4.69, 9.17) is 0 Å². The van der Waals surface area contributed by atoms with Crippen LogP contribution in [0.4, 0.5) is 0 Å². The molecule has 5 heteroatoms. The van der Waals surface area contributed by atoms with E-state index in [0.29, 0.717) is 19.5 Å². The van der Waals surface area contributed by atoms with E-state index < -0.39 is 11.4 Å². The predicted molar refractivity (Wildman–Crippen MR) is 77.5 cm³/mol. The summed E-state index contributed by atoms with van der Waals surface area (Å²) in [6.07, 6.45) is 2.74. The van der Waals surface area contributed by atoms with E-state index in [9.17, 15) is 9.90 Å². The Bertz CT molecular complexity index is 508. The molecular weight excluding hydrogens is 254 g/mol. The highest BCUT2D eigenvalue weighted by Gasteiger charge is 2.48. The molecule has 1 aromatic rings. The lowest BCUT2D eigenvalue weighted by Gasteiger charge is -2.47. The Morgan fingerprint density at radius 2 is 2.05 bits per heavy atom. The van der Waals surface area contributed by atoms with E-state index in [-0.39, 0.29) is 5.41 Å². The first-order valence-corrected chi connectivity index (χ1v) is 7.17. The Hall–Kier alpha value is -1.36. The number of aryl methyl sites for hydroxylation is 1. The van der Waals surface area contributed by atoms with Crippen LogP contribution in [0.25, 0.3) is 0 Å². The monoisotopic (exact) mass is 279 g/mol. The summed E-state index contributed by atoms with van der Waals surface area (Å²) in [4.78, 5) is 13.5. The number of nitrogens with zero attached hydrogens (tertiary/aromatic N) is 3. The van der Waals surface area contributed by atoms with Gasteiger partial charge in [0.2, 0.25) is 0 Å². The fraction of sp³-hybridized carbons (Fsp3) is 0.733. The van der Waals surface area contributed by atoms with Gasteiger partial charge in [0.25, 0.3) is 0 Å². The number of rotatable bonds is 4. The van der Waals surface area contributed by atoms with Crippen molar-refractivity contribution in [3.8, 4) is 0 Å². The highest BCUT2D eigenvalue weighted by Crippen LogP contribution is 2.36. The van der Waals surface area contributed by atoms with Crippen molar-refractivity contribution < 1.29 is 9.90 Å². The number of aromatic nitrogens is 2.